The third-order valence-electron chi connectivity index (χ3n) is 3.04. The maximum Gasteiger partial charge on any atom is 0.246 e. The van der Waals surface area contributed by atoms with Crippen LogP contribution in [0.25, 0.3) is 0 Å². The Balaban J connectivity index is 2.85. The molecule has 2 unspecified atom stereocenters. The molecule has 0 saturated carbocycles. The molecule has 0 fully saturated rings. The predicted molar refractivity (Wildman–Crippen MR) is 79.7 cm³/mol. The van der Waals surface area contributed by atoms with Crippen LogP contribution in [0.1, 0.15) is 18.0 Å². The largest absolute Gasteiger partial charge is 0.508 e. The van der Waals surface area contributed by atoms with Gasteiger partial charge in [0.1, 0.15) is 11.8 Å². The van der Waals surface area contributed by atoms with Crippen molar-refractivity contribution >= 4 is 17.7 Å². The number of aromatic hydroxyl groups is 1. The number of hydrogen-bond acceptors (Lipinski definition) is 5. The Kier molecular flexibility index (Phi) is 6.33. The highest BCUT2D eigenvalue weighted by atomic mass is 16.3. The van der Waals surface area contributed by atoms with Crippen molar-refractivity contribution in [2.45, 2.75) is 18.5 Å². The maximum atomic E-state index is 12.0. The van der Waals surface area contributed by atoms with Crippen LogP contribution in [0.2, 0.25) is 0 Å². The summed E-state index contributed by atoms with van der Waals surface area (Å²) in [5.74, 6) is -1.39. The fourth-order valence-electron chi connectivity index (χ4n) is 1.76. The number of nitrogens with one attached hydrogen (secondary N) is 3. The van der Waals surface area contributed by atoms with Crippen LogP contribution in [0.5, 0.6) is 5.75 Å². The Morgan fingerprint density at radius 1 is 1.09 bits per heavy atom. The normalized spacial score (nSPS) is 12.9. The van der Waals surface area contributed by atoms with Crippen molar-refractivity contribution < 1.29 is 19.5 Å². The molecule has 8 heteroatoms. The van der Waals surface area contributed by atoms with Crippen LogP contribution in [0, 0.1) is 0 Å². The molecule has 2 atom stereocenters. The van der Waals surface area contributed by atoms with Gasteiger partial charge in [0.2, 0.25) is 17.7 Å². The smallest absolute Gasteiger partial charge is 0.246 e. The van der Waals surface area contributed by atoms with E-state index < -0.39 is 23.9 Å². The standard InChI is InChI=1S/C14H20N4O4/c1-16-11(20)7-10(15)13(21)18-12(14(22)17-2)8-3-5-9(19)6-4-8/h3-6,10,12,19H,7,15H2,1-2H3,(H,16,20)(H,17,22)(H,18,21). The van der Waals surface area contributed by atoms with Gasteiger partial charge in [-0.05, 0) is 17.7 Å². The molecule has 8 nitrogen and oxygen atoms in total. The zero-order valence-corrected chi connectivity index (χ0v) is 12.4. The number of carbonyl (C=O) groups is 3. The Morgan fingerprint density at radius 2 is 1.68 bits per heavy atom. The third kappa shape index (κ3) is 4.74. The molecule has 3 amide bonds. The molecular weight excluding hydrogens is 288 g/mol. The average Bonchev–Trinajstić information content (AvgIpc) is 2.52. The van der Waals surface area contributed by atoms with Gasteiger partial charge in [0.25, 0.3) is 0 Å². The second-order valence-corrected chi connectivity index (χ2v) is 4.63. The molecule has 1 aromatic carbocycles. The van der Waals surface area contributed by atoms with Crippen LogP contribution in [-0.4, -0.2) is 43.0 Å². The summed E-state index contributed by atoms with van der Waals surface area (Å²) in [4.78, 5) is 35.2. The minimum Gasteiger partial charge on any atom is -0.508 e. The number of benzene rings is 1. The van der Waals surface area contributed by atoms with Crippen molar-refractivity contribution in [1.82, 2.24) is 16.0 Å². The van der Waals surface area contributed by atoms with Crippen molar-refractivity contribution in [2.24, 2.45) is 5.73 Å². The van der Waals surface area contributed by atoms with E-state index in [9.17, 15) is 19.5 Å². The SMILES string of the molecule is CNC(=O)CC(N)C(=O)NC(C(=O)NC)c1ccc(O)cc1. The van der Waals surface area contributed by atoms with Crippen molar-refractivity contribution in [3.63, 3.8) is 0 Å². The van der Waals surface area contributed by atoms with Gasteiger partial charge in [-0.3, -0.25) is 14.4 Å². The molecule has 0 heterocycles. The molecular formula is C14H20N4O4. The summed E-state index contributed by atoms with van der Waals surface area (Å²) >= 11 is 0. The molecule has 0 spiro atoms. The maximum absolute atomic E-state index is 12.0. The van der Waals surface area contributed by atoms with Crippen LogP contribution in [-0.2, 0) is 14.4 Å². The van der Waals surface area contributed by atoms with E-state index >= 15 is 0 Å². The van der Waals surface area contributed by atoms with Crippen LogP contribution in [0.3, 0.4) is 0 Å². The van der Waals surface area contributed by atoms with E-state index in [0.29, 0.717) is 5.56 Å². The Hall–Kier alpha value is -2.61. The molecule has 0 saturated heterocycles. The number of nitrogens with two attached hydrogens (primary N) is 1. The number of hydrogen-bond donors (Lipinski definition) is 5. The first kappa shape index (κ1) is 17.4. The summed E-state index contributed by atoms with van der Waals surface area (Å²) in [6.45, 7) is 0. The Morgan fingerprint density at radius 3 is 2.18 bits per heavy atom. The summed E-state index contributed by atoms with van der Waals surface area (Å²) in [6.07, 6.45) is -0.182. The Bertz CT molecular complexity index is 544. The zero-order chi connectivity index (χ0) is 16.7. The Labute approximate surface area is 128 Å². The van der Waals surface area contributed by atoms with Gasteiger partial charge in [-0.15, -0.1) is 0 Å². The van der Waals surface area contributed by atoms with Crippen LogP contribution >= 0.6 is 0 Å². The second-order valence-electron chi connectivity index (χ2n) is 4.63. The number of amides is 3. The minimum atomic E-state index is -1.07. The number of phenolic OH excluding ortho intramolecular Hbond substituents is 1. The molecule has 0 aromatic heterocycles. The molecule has 6 N–H and O–H groups in total. The quantitative estimate of drug-likeness (QED) is 0.448. The highest BCUT2D eigenvalue weighted by molar-refractivity contribution is 5.92. The lowest BCUT2D eigenvalue weighted by atomic mass is 10.0. The third-order valence-corrected chi connectivity index (χ3v) is 3.04. The number of carbonyl (C=O) groups excluding carboxylic acids is 3. The number of rotatable bonds is 6. The van der Waals surface area contributed by atoms with Gasteiger partial charge in [-0.2, -0.15) is 0 Å². The first-order valence-corrected chi connectivity index (χ1v) is 6.66. The molecule has 22 heavy (non-hydrogen) atoms. The van der Waals surface area contributed by atoms with Gasteiger partial charge in [0.05, 0.1) is 12.5 Å². The number of likely N-dealkylation sites (N-methyl/N-ethyl adjacent to an activating group) is 1. The van der Waals surface area contributed by atoms with Gasteiger partial charge in [-0.1, -0.05) is 12.1 Å². The highest BCUT2D eigenvalue weighted by Crippen LogP contribution is 2.17. The van der Waals surface area contributed by atoms with Crippen LogP contribution < -0.4 is 21.7 Å². The molecule has 120 valence electrons. The van der Waals surface area contributed by atoms with Crippen molar-refractivity contribution in [3.05, 3.63) is 29.8 Å². The van der Waals surface area contributed by atoms with E-state index in [1.807, 2.05) is 0 Å². The lowest BCUT2D eigenvalue weighted by molar-refractivity contribution is -0.131. The zero-order valence-electron chi connectivity index (χ0n) is 12.4. The summed E-state index contributed by atoms with van der Waals surface area (Å²) in [6, 6.07) is 3.81. The first-order chi connectivity index (χ1) is 10.4. The van der Waals surface area contributed by atoms with E-state index in [0.717, 1.165) is 0 Å². The van der Waals surface area contributed by atoms with E-state index in [1.54, 1.807) is 0 Å². The fourth-order valence-corrected chi connectivity index (χ4v) is 1.76. The van der Waals surface area contributed by atoms with Crippen molar-refractivity contribution in [3.8, 4) is 5.75 Å². The van der Waals surface area contributed by atoms with Crippen molar-refractivity contribution in [2.75, 3.05) is 14.1 Å². The van der Waals surface area contributed by atoms with E-state index in [1.165, 1.54) is 38.4 Å². The van der Waals surface area contributed by atoms with Gasteiger partial charge in [-0.25, -0.2) is 0 Å². The van der Waals surface area contributed by atoms with E-state index in [-0.39, 0.29) is 18.1 Å². The number of phenols is 1. The van der Waals surface area contributed by atoms with Gasteiger partial charge in [0.15, 0.2) is 0 Å². The molecule has 1 rings (SSSR count). The van der Waals surface area contributed by atoms with Crippen LogP contribution in [0.15, 0.2) is 24.3 Å². The lowest BCUT2D eigenvalue weighted by Gasteiger charge is -2.20. The fraction of sp³-hybridized carbons (Fsp3) is 0.357. The van der Waals surface area contributed by atoms with E-state index in [4.69, 9.17) is 5.73 Å². The van der Waals surface area contributed by atoms with Crippen LogP contribution in [0.4, 0.5) is 0 Å². The molecule has 0 aliphatic heterocycles. The molecule has 0 aliphatic carbocycles. The average molecular weight is 308 g/mol. The summed E-state index contributed by atoms with van der Waals surface area (Å²) < 4.78 is 0. The molecule has 0 radical (unpaired) electrons. The highest BCUT2D eigenvalue weighted by Gasteiger charge is 2.25. The lowest BCUT2D eigenvalue weighted by Crippen LogP contribution is -2.47. The van der Waals surface area contributed by atoms with Crippen molar-refractivity contribution in [1.29, 1.82) is 0 Å². The van der Waals surface area contributed by atoms with Gasteiger partial charge < -0.3 is 26.8 Å². The first-order valence-electron chi connectivity index (χ1n) is 6.66. The topological polar surface area (TPSA) is 134 Å². The summed E-state index contributed by atoms with van der Waals surface area (Å²) in [5, 5.41) is 16.6. The van der Waals surface area contributed by atoms with Gasteiger partial charge >= 0.3 is 0 Å². The summed E-state index contributed by atoms with van der Waals surface area (Å²) in [5.41, 5.74) is 6.13. The summed E-state index contributed by atoms with van der Waals surface area (Å²) in [7, 11) is 2.88. The minimum absolute atomic E-state index is 0.0436. The molecule has 1 aromatic rings. The second kappa shape index (κ2) is 7.99. The predicted octanol–water partition coefficient (Wildman–Crippen LogP) is -1.24. The monoisotopic (exact) mass is 308 g/mol. The van der Waals surface area contributed by atoms with E-state index in [2.05, 4.69) is 16.0 Å². The molecule has 0 bridgehead atoms. The van der Waals surface area contributed by atoms with Gasteiger partial charge in [0, 0.05) is 14.1 Å². The molecule has 0 aliphatic rings.